The summed E-state index contributed by atoms with van der Waals surface area (Å²) < 4.78 is 13.7. The van der Waals surface area contributed by atoms with E-state index in [1.54, 1.807) is 0 Å². The molecule has 0 amide bonds. The van der Waals surface area contributed by atoms with Crippen LogP contribution < -0.4 is 33.9 Å². The molecule has 0 fully saturated rings. The Bertz CT molecular complexity index is 1130. The summed E-state index contributed by atoms with van der Waals surface area (Å²) in [7, 11) is 1.96. The summed E-state index contributed by atoms with van der Waals surface area (Å²) in [6, 6.07) is 3.94. The van der Waals surface area contributed by atoms with Gasteiger partial charge in [-0.15, -0.1) is 0 Å². The SMILES string of the molecule is CCCCCCCCCCCCCCCCOC(=O)C1=C(C)NC(C)=C(C(=O)OCCCCCCCCCCCCCCCC)C1c1ccc[n+](C)c1.[I-]. The van der Waals surface area contributed by atoms with Crippen LogP contribution in [0.4, 0.5) is 0 Å². The largest absolute Gasteiger partial charge is 1.00 e. The summed E-state index contributed by atoms with van der Waals surface area (Å²) in [5.41, 5.74) is 3.33. The lowest BCUT2D eigenvalue weighted by molar-refractivity contribution is -0.671. The number of nitrogens with zero attached hydrogens (tertiary/aromatic N) is 1. The predicted octanol–water partition coefficient (Wildman–Crippen LogP) is 9.80. The molecule has 0 bridgehead atoms. The number of halogens is 1. The molecule has 1 aliphatic rings. The predicted molar refractivity (Wildman–Crippen MR) is 221 cm³/mol. The maximum atomic E-state index is 13.7. The van der Waals surface area contributed by atoms with Gasteiger partial charge in [-0.3, -0.25) is 0 Å². The van der Waals surface area contributed by atoms with Gasteiger partial charge in [0.15, 0.2) is 12.4 Å². The second kappa shape index (κ2) is 33.3. The normalized spacial score (nSPS) is 13.2. The highest BCUT2D eigenvalue weighted by Crippen LogP contribution is 2.39. The molecule has 0 aliphatic carbocycles. The van der Waals surface area contributed by atoms with Crippen molar-refractivity contribution in [1.82, 2.24) is 5.32 Å². The van der Waals surface area contributed by atoms with Gasteiger partial charge in [0, 0.05) is 23.0 Å². The van der Waals surface area contributed by atoms with E-state index in [1.807, 2.05) is 50.0 Å². The van der Waals surface area contributed by atoms with Crippen LogP contribution >= 0.6 is 0 Å². The van der Waals surface area contributed by atoms with Gasteiger partial charge in [-0.1, -0.05) is 181 Å². The van der Waals surface area contributed by atoms with Crippen LogP contribution in [0.1, 0.15) is 219 Å². The molecule has 7 heteroatoms. The summed E-state index contributed by atoms with van der Waals surface area (Å²) in [6.45, 7) is 9.14. The molecular formula is C47H81IN2O4. The van der Waals surface area contributed by atoms with E-state index in [4.69, 9.17) is 9.47 Å². The summed E-state index contributed by atoms with van der Waals surface area (Å²) in [6.07, 6.45) is 40.0. The molecule has 0 atom stereocenters. The fourth-order valence-corrected chi connectivity index (χ4v) is 7.73. The second-order valence-electron chi connectivity index (χ2n) is 15.9. The summed E-state index contributed by atoms with van der Waals surface area (Å²) in [5, 5.41) is 3.31. The lowest BCUT2D eigenvalue weighted by atomic mass is 9.81. The second-order valence-corrected chi connectivity index (χ2v) is 15.9. The Hall–Kier alpha value is -1.90. The van der Waals surface area contributed by atoms with Gasteiger partial charge in [-0.25, -0.2) is 14.2 Å². The molecule has 2 rings (SSSR count). The number of rotatable bonds is 33. The molecule has 0 saturated carbocycles. The van der Waals surface area contributed by atoms with Crippen molar-refractivity contribution < 1.29 is 47.6 Å². The van der Waals surface area contributed by atoms with Gasteiger partial charge < -0.3 is 38.8 Å². The number of aryl methyl sites for hydroxylation is 1. The van der Waals surface area contributed by atoms with Crippen LogP contribution in [-0.4, -0.2) is 25.2 Å². The summed E-state index contributed by atoms with van der Waals surface area (Å²) >= 11 is 0. The van der Waals surface area contributed by atoms with E-state index in [1.165, 1.54) is 154 Å². The number of carbonyl (C=O) groups is 2. The van der Waals surface area contributed by atoms with E-state index in [-0.39, 0.29) is 35.9 Å². The van der Waals surface area contributed by atoms with Crippen molar-refractivity contribution in [2.75, 3.05) is 13.2 Å². The van der Waals surface area contributed by atoms with Crippen molar-refractivity contribution in [3.8, 4) is 0 Å². The van der Waals surface area contributed by atoms with Crippen LogP contribution in [0.2, 0.25) is 0 Å². The molecule has 0 aromatic carbocycles. The number of esters is 2. The Balaban J connectivity index is 0.0000146. The van der Waals surface area contributed by atoms with Crippen molar-refractivity contribution >= 4 is 11.9 Å². The Labute approximate surface area is 349 Å². The quantitative estimate of drug-likeness (QED) is 0.0330. The van der Waals surface area contributed by atoms with E-state index >= 15 is 0 Å². The highest BCUT2D eigenvalue weighted by atomic mass is 127. The zero-order chi connectivity index (χ0) is 38.4. The van der Waals surface area contributed by atoms with E-state index in [0.717, 1.165) is 42.6 Å². The molecule has 1 aromatic rings. The third-order valence-electron chi connectivity index (χ3n) is 11.0. The molecule has 1 aliphatic heterocycles. The Kier molecular flexibility index (Phi) is 30.9. The third-order valence-corrected chi connectivity index (χ3v) is 11.0. The van der Waals surface area contributed by atoms with Gasteiger partial charge in [0.25, 0.3) is 0 Å². The molecule has 0 spiro atoms. The summed E-state index contributed by atoms with van der Waals surface area (Å²) in [5.74, 6) is -1.26. The fraction of sp³-hybridized carbons (Fsp3) is 0.766. The molecular weight excluding hydrogens is 783 g/mol. The van der Waals surface area contributed by atoms with Crippen LogP contribution in [0.5, 0.6) is 0 Å². The smallest absolute Gasteiger partial charge is 0.336 e. The molecule has 310 valence electrons. The monoisotopic (exact) mass is 865 g/mol. The first-order valence-corrected chi connectivity index (χ1v) is 22.4. The van der Waals surface area contributed by atoms with Crippen molar-refractivity contribution in [1.29, 1.82) is 0 Å². The molecule has 2 heterocycles. The number of aromatic nitrogens is 1. The first-order valence-electron chi connectivity index (χ1n) is 22.4. The average molecular weight is 865 g/mol. The zero-order valence-electron chi connectivity index (χ0n) is 35.6. The van der Waals surface area contributed by atoms with Gasteiger partial charge in [0.05, 0.1) is 30.3 Å². The van der Waals surface area contributed by atoms with Gasteiger partial charge in [0.2, 0.25) is 0 Å². The molecule has 0 unspecified atom stereocenters. The van der Waals surface area contributed by atoms with Gasteiger partial charge in [0.1, 0.15) is 7.05 Å². The maximum absolute atomic E-state index is 13.7. The first kappa shape index (κ1) is 50.1. The average Bonchev–Trinajstić information content (AvgIpc) is 3.14. The topological polar surface area (TPSA) is 68.5 Å². The minimum absolute atomic E-state index is 0. The number of hydrogen-bond acceptors (Lipinski definition) is 5. The maximum Gasteiger partial charge on any atom is 0.336 e. The lowest BCUT2D eigenvalue weighted by Crippen LogP contribution is -3.00. The number of hydrogen-bond donors (Lipinski definition) is 1. The first-order chi connectivity index (χ1) is 25.9. The van der Waals surface area contributed by atoms with E-state index in [2.05, 4.69) is 19.2 Å². The number of unbranched alkanes of at least 4 members (excludes halogenated alkanes) is 26. The Morgan fingerprint density at radius 2 is 0.870 bits per heavy atom. The van der Waals surface area contributed by atoms with Crippen LogP contribution in [-0.2, 0) is 26.1 Å². The minimum atomic E-state index is -0.545. The fourth-order valence-electron chi connectivity index (χ4n) is 7.73. The van der Waals surface area contributed by atoms with Crippen molar-refractivity contribution in [2.24, 2.45) is 7.05 Å². The highest BCUT2D eigenvalue weighted by molar-refractivity contribution is 5.99. The lowest BCUT2D eigenvalue weighted by Gasteiger charge is -2.30. The molecule has 1 N–H and O–H groups in total. The number of carbonyl (C=O) groups excluding carboxylic acids is 2. The third kappa shape index (κ3) is 22.0. The number of nitrogens with one attached hydrogen (secondary N) is 1. The van der Waals surface area contributed by atoms with Crippen LogP contribution in [0.25, 0.3) is 0 Å². The highest BCUT2D eigenvalue weighted by Gasteiger charge is 2.39. The van der Waals surface area contributed by atoms with Crippen LogP contribution in [0.3, 0.4) is 0 Å². The molecule has 0 radical (unpaired) electrons. The van der Waals surface area contributed by atoms with Crippen LogP contribution in [0, 0.1) is 0 Å². The molecule has 6 nitrogen and oxygen atoms in total. The molecule has 0 saturated heterocycles. The van der Waals surface area contributed by atoms with Gasteiger partial charge in [-0.05, 0) is 32.8 Å². The zero-order valence-corrected chi connectivity index (χ0v) is 37.7. The Morgan fingerprint density at radius 3 is 1.19 bits per heavy atom. The number of allylic oxidation sites excluding steroid dienone is 2. The van der Waals surface area contributed by atoms with Gasteiger partial charge in [-0.2, -0.15) is 0 Å². The van der Waals surface area contributed by atoms with E-state index in [9.17, 15) is 9.59 Å². The van der Waals surface area contributed by atoms with E-state index in [0.29, 0.717) is 24.4 Å². The van der Waals surface area contributed by atoms with Crippen molar-refractivity contribution in [2.45, 2.75) is 213 Å². The standard InChI is InChI=1S/C47H80N2O4.HI/c1-6-8-10-12-14-16-18-20-22-24-26-28-30-32-37-52-46(50)43-40(3)48-41(4)44(45(43)42-35-34-36-49(5)39-42)47(51)53-38-33-31-29-27-25-23-21-19-17-15-13-11-9-7-2;/h34-36,39,45H,6-33,37-38H2,1-5H3;1H. The van der Waals surface area contributed by atoms with Crippen LogP contribution in [0.15, 0.2) is 47.1 Å². The Morgan fingerprint density at radius 1 is 0.556 bits per heavy atom. The number of dihydropyridines is 1. The van der Waals surface area contributed by atoms with E-state index < -0.39 is 5.92 Å². The number of ether oxygens (including phenoxy) is 2. The van der Waals surface area contributed by atoms with Crippen molar-refractivity contribution in [3.05, 3.63) is 52.6 Å². The minimum Gasteiger partial charge on any atom is -1.00 e. The molecule has 54 heavy (non-hydrogen) atoms. The summed E-state index contributed by atoms with van der Waals surface area (Å²) in [4.78, 5) is 27.4. The molecule has 1 aromatic heterocycles. The van der Waals surface area contributed by atoms with Gasteiger partial charge >= 0.3 is 11.9 Å². The van der Waals surface area contributed by atoms with Crippen molar-refractivity contribution in [3.63, 3.8) is 0 Å². The number of pyridine rings is 1.